The maximum atomic E-state index is 11.5. The Bertz CT molecular complexity index is 1050. The molecule has 2 aliphatic rings. The smallest absolute Gasteiger partial charge is 0.130 e. The second kappa shape index (κ2) is 7.00. The van der Waals surface area contributed by atoms with Gasteiger partial charge in [0.2, 0.25) is 0 Å². The zero-order chi connectivity index (χ0) is 19.0. The lowest BCUT2D eigenvalue weighted by Gasteiger charge is -2.10. The van der Waals surface area contributed by atoms with Crippen LogP contribution in [0.2, 0.25) is 0 Å². The summed E-state index contributed by atoms with van der Waals surface area (Å²) in [6, 6.07) is 15.0. The monoisotopic (exact) mass is 352 g/mol. The molecule has 0 spiro atoms. The Labute approximate surface area is 161 Å². The lowest BCUT2D eigenvalue weighted by molar-refractivity contribution is -0.117. The molecule has 0 bridgehead atoms. The molecule has 0 radical (unpaired) electrons. The number of benzene rings is 2. The fourth-order valence-electron chi connectivity index (χ4n) is 4.21. The summed E-state index contributed by atoms with van der Waals surface area (Å²) >= 11 is 0. The topological polar surface area (TPSA) is 17.1 Å². The van der Waals surface area contributed by atoms with Gasteiger partial charge in [0.1, 0.15) is 5.78 Å². The Morgan fingerprint density at radius 3 is 2.67 bits per heavy atom. The molecule has 1 heteroatoms. The zero-order valence-corrected chi connectivity index (χ0v) is 15.8. The molecule has 0 N–H and O–H groups in total. The molecule has 1 nitrogen and oxygen atoms in total. The van der Waals surface area contributed by atoms with E-state index in [2.05, 4.69) is 73.9 Å². The van der Waals surface area contributed by atoms with Gasteiger partial charge in [-0.3, -0.25) is 4.79 Å². The van der Waals surface area contributed by atoms with E-state index in [1.54, 1.807) is 6.92 Å². The normalized spacial score (nSPS) is 21.1. The molecule has 134 valence electrons. The van der Waals surface area contributed by atoms with E-state index in [1.165, 1.54) is 33.1 Å². The third-order valence-electron chi connectivity index (χ3n) is 5.62. The molecule has 2 aliphatic carbocycles. The van der Waals surface area contributed by atoms with E-state index in [9.17, 15) is 4.79 Å². The highest BCUT2D eigenvalue weighted by atomic mass is 16.1. The van der Waals surface area contributed by atoms with Crippen molar-refractivity contribution in [3.05, 3.63) is 102 Å². The van der Waals surface area contributed by atoms with Crippen molar-refractivity contribution in [3.8, 4) is 0 Å². The third kappa shape index (κ3) is 3.38. The quantitative estimate of drug-likeness (QED) is 0.567. The summed E-state index contributed by atoms with van der Waals surface area (Å²) < 4.78 is 0. The van der Waals surface area contributed by atoms with E-state index in [0.29, 0.717) is 6.42 Å². The highest BCUT2D eigenvalue weighted by Crippen LogP contribution is 2.42. The summed E-state index contributed by atoms with van der Waals surface area (Å²) in [5, 5.41) is 2.57. The summed E-state index contributed by atoms with van der Waals surface area (Å²) in [4.78, 5) is 11.5. The van der Waals surface area contributed by atoms with E-state index in [0.717, 1.165) is 24.0 Å². The van der Waals surface area contributed by atoms with E-state index < -0.39 is 0 Å². The number of hydrogen-bond donors (Lipinski definition) is 0. The Kier molecular flexibility index (Phi) is 4.53. The summed E-state index contributed by atoms with van der Waals surface area (Å²) in [6.07, 6.45) is 8.97. The molecule has 4 rings (SSSR count). The predicted octanol–water partition coefficient (Wildman–Crippen LogP) is 6.59. The molecule has 1 fully saturated rings. The van der Waals surface area contributed by atoms with Gasteiger partial charge in [-0.1, -0.05) is 79.4 Å². The van der Waals surface area contributed by atoms with Gasteiger partial charge in [0.15, 0.2) is 0 Å². The van der Waals surface area contributed by atoms with Crippen molar-refractivity contribution in [2.45, 2.75) is 26.2 Å². The van der Waals surface area contributed by atoms with Crippen LogP contribution in [0.5, 0.6) is 0 Å². The summed E-state index contributed by atoms with van der Waals surface area (Å²) in [5.41, 5.74) is 7.36. The van der Waals surface area contributed by atoms with Crippen molar-refractivity contribution in [2.24, 2.45) is 5.92 Å². The second-order valence-electron chi connectivity index (χ2n) is 7.63. The van der Waals surface area contributed by atoms with Crippen LogP contribution in [-0.4, -0.2) is 5.78 Å². The van der Waals surface area contributed by atoms with Gasteiger partial charge >= 0.3 is 0 Å². The molecule has 0 saturated heterocycles. The van der Waals surface area contributed by atoms with Gasteiger partial charge < -0.3 is 0 Å². The number of ketones is 1. The average Bonchev–Trinajstić information content (AvgIpc) is 3.21. The van der Waals surface area contributed by atoms with Crippen molar-refractivity contribution < 1.29 is 4.79 Å². The lowest BCUT2D eigenvalue weighted by atomic mass is 9.93. The van der Waals surface area contributed by atoms with Crippen LogP contribution in [-0.2, 0) is 4.79 Å². The first-order valence-electron chi connectivity index (χ1n) is 9.47. The van der Waals surface area contributed by atoms with E-state index >= 15 is 0 Å². The molecule has 0 heterocycles. The number of carbonyl (C=O) groups excluding carboxylic acids is 1. The average molecular weight is 352 g/mol. The number of hydrogen-bond acceptors (Lipinski definition) is 1. The molecule has 1 unspecified atom stereocenters. The minimum Gasteiger partial charge on any atom is -0.300 e. The summed E-state index contributed by atoms with van der Waals surface area (Å²) in [7, 11) is 0. The van der Waals surface area contributed by atoms with Gasteiger partial charge in [0, 0.05) is 12.3 Å². The highest BCUT2D eigenvalue weighted by Gasteiger charge is 2.28. The molecule has 0 aromatic heterocycles. The third-order valence-corrected chi connectivity index (χ3v) is 5.62. The number of rotatable bonds is 4. The van der Waals surface area contributed by atoms with Gasteiger partial charge in [-0.2, -0.15) is 0 Å². The van der Waals surface area contributed by atoms with Crippen LogP contribution in [0, 0.1) is 5.92 Å². The molecular weight excluding hydrogens is 328 g/mol. The maximum Gasteiger partial charge on any atom is 0.130 e. The number of allylic oxidation sites excluding steroid dienone is 8. The largest absolute Gasteiger partial charge is 0.300 e. The van der Waals surface area contributed by atoms with Crippen LogP contribution < -0.4 is 0 Å². The fraction of sp³-hybridized carbons (Fsp3) is 0.192. The fourth-order valence-corrected chi connectivity index (χ4v) is 4.21. The Morgan fingerprint density at radius 1 is 1.07 bits per heavy atom. The Hall–Kier alpha value is -2.93. The van der Waals surface area contributed by atoms with Crippen molar-refractivity contribution in [2.75, 3.05) is 0 Å². The Morgan fingerprint density at radius 2 is 1.85 bits per heavy atom. The first-order valence-corrected chi connectivity index (χ1v) is 9.47. The van der Waals surface area contributed by atoms with Gasteiger partial charge in [-0.05, 0) is 58.4 Å². The highest BCUT2D eigenvalue weighted by molar-refractivity contribution is 5.95. The minimum absolute atomic E-state index is 0.112. The van der Waals surface area contributed by atoms with Crippen molar-refractivity contribution in [1.82, 2.24) is 0 Å². The van der Waals surface area contributed by atoms with Crippen LogP contribution in [0.15, 0.2) is 96.1 Å². The van der Waals surface area contributed by atoms with E-state index in [4.69, 9.17) is 0 Å². The molecule has 1 saturated carbocycles. The molecule has 2 aromatic rings. The standard InChI is InChI=1S/C26H24O/c1-17-13-23(19(3)26(17)14-18(2)27)16-20-11-12-22(15-20)25-10-6-8-21-7-4-5-9-24(21)25/h4-12,16,26H,1,3,13-15H2,2H3. The summed E-state index contributed by atoms with van der Waals surface area (Å²) in [5.74, 6) is 0.310. The molecule has 27 heavy (non-hydrogen) atoms. The predicted molar refractivity (Wildman–Crippen MR) is 114 cm³/mol. The molecule has 1 atom stereocenters. The van der Waals surface area contributed by atoms with E-state index in [1.807, 2.05) is 0 Å². The van der Waals surface area contributed by atoms with Gasteiger partial charge in [0.05, 0.1) is 0 Å². The van der Waals surface area contributed by atoms with Crippen molar-refractivity contribution in [1.29, 1.82) is 0 Å². The molecule has 0 amide bonds. The zero-order valence-electron chi connectivity index (χ0n) is 15.8. The van der Waals surface area contributed by atoms with Crippen LogP contribution >= 0.6 is 0 Å². The van der Waals surface area contributed by atoms with Gasteiger partial charge in [-0.25, -0.2) is 0 Å². The van der Waals surface area contributed by atoms with Gasteiger partial charge in [0.25, 0.3) is 0 Å². The molecule has 0 aliphatic heterocycles. The first-order chi connectivity index (χ1) is 13.0. The second-order valence-corrected chi connectivity index (χ2v) is 7.63. The van der Waals surface area contributed by atoms with Crippen molar-refractivity contribution >= 4 is 22.1 Å². The molecule has 2 aromatic carbocycles. The molecular formula is C26H24O. The number of carbonyl (C=O) groups is 1. The van der Waals surface area contributed by atoms with Gasteiger partial charge in [-0.15, -0.1) is 0 Å². The lowest BCUT2D eigenvalue weighted by Crippen LogP contribution is -2.04. The van der Waals surface area contributed by atoms with Crippen LogP contribution in [0.25, 0.3) is 16.3 Å². The van der Waals surface area contributed by atoms with E-state index in [-0.39, 0.29) is 11.7 Å². The maximum absolute atomic E-state index is 11.5. The minimum atomic E-state index is 0.112. The van der Waals surface area contributed by atoms with Crippen molar-refractivity contribution in [3.63, 3.8) is 0 Å². The Balaban J connectivity index is 1.54. The van der Waals surface area contributed by atoms with Crippen LogP contribution in [0.1, 0.15) is 31.7 Å². The SMILES string of the molecule is C=C1CC(=CC2=CC=C(c3cccc4ccccc34)C2)C(=C)C1CC(C)=O. The summed E-state index contributed by atoms with van der Waals surface area (Å²) in [6.45, 7) is 10.1. The number of Topliss-reactive ketones (excluding diaryl/α,β-unsaturated/α-hetero) is 1. The first kappa shape index (κ1) is 17.5. The number of fused-ring (bicyclic) bond motifs is 1. The van der Waals surface area contributed by atoms with Crippen LogP contribution in [0.3, 0.4) is 0 Å². The van der Waals surface area contributed by atoms with Crippen LogP contribution in [0.4, 0.5) is 0 Å².